The molecule has 0 N–H and O–H groups in total. The van der Waals surface area contributed by atoms with Crippen LogP contribution in [0.2, 0.25) is 0 Å². The number of hydrogen-bond donors (Lipinski definition) is 0. The van der Waals surface area contributed by atoms with Crippen LogP contribution in [0.4, 0.5) is 8.78 Å². The van der Waals surface area contributed by atoms with Crippen molar-refractivity contribution in [3.8, 4) is 0 Å². The highest BCUT2D eigenvalue weighted by Crippen LogP contribution is 2.08. The largest absolute Gasteiger partial charge is 0.396 e. The summed E-state index contributed by atoms with van der Waals surface area (Å²) in [7, 11) is 0. The molecule has 0 unspecified atom stereocenters. The van der Waals surface area contributed by atoms with Gasteiger partial charge in [0.1, 0.15) is 18.2 Å². The van der Waals surface area contributed by atoms with Crippen LogP contribution in [0.25, 0.3) is 0 Å². The van der Waals surface area contributed by atoms with Gasteiger partial charge in [0, 0.05) is 0 Å². The molecule has 0 saturated heterocycles. The highest BCUT2D eigenvalue weighted by Gasteiger charge is 2.04. The lowest BCUT2D eigenvalue weighted by Gasteiger charge is -1.97. The zero-order valence-electron chi connectivity index (χ0n) is 7.13. The smallest absolute Gasteiger partial charge is 0.135 e. The molecule has 1 aromatic carbocycles. The minimum Gasteiger partial charge on any atom is -0.396 e. The van der Waals surface area contributed by atoms with Gasteiger partial charge in [0.15, 0.2) is 0 Å². The predicted molar refractivity (Wildman–Crippen MR) is 45.6 cm³/mol. The van der Waals surface area contributed by atoms with Crippen LogP contribution in [-0.4, -0.2) is 12.8 Å². The second-order valence-corrected chi connectivity index (χ2v) is 2.29. The molecule has 4 heteroatoms. The lowest BCUT2D eigenvalue weighted by atomic mass is 10.2. The van der Waals surface area contributed by atoms with Gasteiger partial charge in [-0.25, -0.2) is 8.78 Å². The highest BCUT2D eigenvalue weighted by atomic mass is 19.1. The Balaban J connectivity index is 2.87. The fourth-order valence-corrected chi connectivity index (χ4v) is 0.799. The fourth-order valence-electron chi connectivity index (χ4n) is 0.799. The Morgan fingerprint density at radius 3 is 2.54 bits per heavy atom. The van der Waals surface area contributed by atoms with Crippen molar-refractivity contribution < 1.29 is 13.6 Å². The topological polar surface area (TPSA) is 21.6 Å². The van der Waals surface area contributed by atoms with E-state index in [9.17, 15) is 8.78 Å². The van der Waals surface area contributed by atoms with Crippen LogP contribution >= 0.6 is 0 Å². The quantitative estimate of drug-likeness (QED) is 0.523. The first-order chi connectivity index (χ1) is 6.25. The van der Waals surface area contributed by atoms with Crippen LogP contribution in [0.1, 0.15) is 12.5 Å². The molecule has 0 aromatic heterocycles. The van der Waals surface area contributed by atoms with Gasteiger partial charge in [0.25, 0.3) is 0 Å². The van der Waals surface area contributed by atoms with Crippen LogP contribution in [0.15, 0.2) is 23.4 Å². The van der Waals surface area contributed by atoms with Crippen LogP contribution in [0, 0.1) is 11.6 Å². The number of benzene rings is 1. The number of rotatable bonds is 3. The van der Waals surface area contributed by atoms with Gasteiger partial charge in [-0.05, 0) is 19.1 Å². The van der Waals surface area contributed by atoms with Crippen molar-refractivity contribution in [2.24, 2.45) is 5.16 Å². The van der Waals surface area contributed by atoms with Crippen molar-refractivity contribution in [2.45, 2.75) is 6.92 Å². The van der Waals surface area contributed by atoms with Crippen LogP contribution in [-0.2, 0) is 4.84 Å². The second kappa shape index (κ2) is 4.54. The number of hydrogen-bond acceptors (Lipinski definition) is 2. The fraction of sp³-hybridized carbons (Fsp3) is 0.222. The molecule has 0 saturated carbocycles. The van der Waals surface area contributed by atoms with Gasteiger partial charge in [-0.3, -0.25) is 0 Å². The maximum Gasteiger partial charge on any atom is 0.135 e. The number of nitrogens with zero attached hydrogens (tertiary/aromatic N) is 1. The van der Waals surface area contributed by atoms with Gasteiger partial charge in [-0.2, -0.15) is 0 Å². The minimum atomic E-state index is -0.650. The van der Waals surface area contributed by atoms with Crippen molar-refractivity contribution in [3.63, 3.8) is 0 Å². The van der Waals surface area contributed by atoms with Crippen LogP contribution < -0.4 is 0 Å². The summed E-state index contributed by atoms with van der Waals surface area (Å²) in [4.78, 5) is 4.58. The number of halogens is 2. The van der Waals surface area contributed by atoms with E-state index in [4.69, 9.17) is 0 Å². The van der Waals surface area contributed by atoms with Gasteiger partial charge < -0.3 is 4.84 Å². The molecule has 1 rings (SSSR count). The molecular formula is C9H9F2NO. The monoisotopic (exact) mass is 185 g/mol. The van der Waals surface area contributed by atoms with Gasteiger partial charge in [-0.1, -0.05) is 11.2 Å². The van der Waals surface area contributed by atoms with Crippen molar-refractivity contribution in [3.05, 3.63) is 35.4 Å². The molecule has 0 bridgehead atoms. The highest BCUT2D eigenvalue weighted by molar-refractivity contribution is 5.79. The Labute approximate surface area is 74.8 Å². The molecule has 70 valence electrons. The molecule has 0 aliphatic heterocycles. The maximum absolute atomic E-state index is 12.9. The van der Waals surface area contributed by atoms with Crippen molar-refractivity contribution in [2.75, 3.05) is 6.61 Å². The molecule has 1 aromatic rings. The summed E-state index contributed by atoms with van der Waals surface area (Å²) >= 11 is 0. The first kappa shape index (κ1) is 9.64. The first-order valence-corrected chi connectivity index (χ1v) is 3.85. The molecule has 0 heterocycles. The molecule has 2 nitrogen and oxygen atoms in total. The lowest BCUT2D eigenvalue weighted by Crippen LogP contribution is -1.94. The Hall–Kier alpha value is -1.45. The molecule has 0 amide bonds. The normalized spacial score (nSPS) is 10.7. The number of oxime groups is 1. The molecule has 0 atom stereocenters. The molecule has 13 heavy (non-hydrogen) atoms. The summed E-state index contributed by atoms with van der Waals surface area (Å²) in [5, 5.41) is 3.38. The van der Waals surface area contributed by atoms with E-state index < -0.39 is 11.6 Å². The van der Waals surface area contributed by atoms with Gasteiger partial charge in [0.05, 0.1) is 11.8 Å². The van der Waals surface area contributed by atoms with E-state index in [-0.39, 0.29) is 5.56 Å². The average Bonchev–Trinajstić information content (AvgIpc) is 2.10. The van der Waals surface area contributed by atoms with E-state index in [0.717, 1.165) is 18.3 Å². The molecule has 0 aliphatic rings. The zero-order chi connectivity index (χ0) is 9.68. The van der Waals surface area contributed by atoms with Gasteiger partial charge in [-0.15, -0.1) is 0 Å². The van der Waals surface area contributed by atoms with Crippen molar-refractivity contribution in [1.29, 1.82) is 0 Å². The van der Waals surface area contributed by atoms with Crippen LogP contribution in [0.5, 0.6) is 0 Å². The average molecular weight is 185 g/mol. The van der Waals surface area contributed by atoms with E-state index >= 15 is 0 Å². The van der Waals surface area contributed by atoms with E-state index in [2.05, 4.69) is 9.99 Å². The predicted octanol–water partition coefficient (Wildman–Crippen LogP) is 2.34. The van der Waals surface area contributed by atoms with Gasteiger partial charge >= 0.3 is 0 Å². The first-order valence-electron chi connectivity index (χ1n) is 3.85. The van der Waals surface area contributed by atoms with E-state index in [1.54, 1.807) is 6.92 Å². The van der Waals surface area contributed by atoms with Crippen molar-refractivity contribution in [1.82, 2.24) is 0 Å². The lowest BCUT2D eigenvalue weighted by molar-refractivity contribution is 0.160. The van der Waals surface area contributed by atoms with E-state index in [1.165, 1.54) is 6.07 Å². The summed E-state index contributed by atoms with van der Waals surface area (Å²) in [6, 6.07) is 3.62. The van der Waals surface area contributed by atoms with Crippen molar-refractivity contribution >= 4 is 6.21 Å². The summed E-state index contributed by atoms with van der Waals surface area (Å²) in [5.74, 6) is -1.30. The van der Waals surface area contributed by atoms with E-state index in [1.807, 2.05) is 0 Å². The third kappa shape index (κ3) is 2.50. The third-order valence-electron chi connectivity index (χ3n) is 1.39. The molecule has 0 fully saturated rings. The SMILES string of the molecule is CCON=Cc1c(F)cccc1F. The van der Waals surface area contributed by atoms with E-state index in [0.29, 0.717) is 6.61 Å². The third-order valence-corrected chi connectivity index (χ3v) is 1.39. The van der Waals surface area contributed by atoms with Gasteiger partial charge in [0.2, 0.25) is 0 Å². The summed E-state index contributed by atoms with van der Waals surface area (Å²) < 4.78 is 25.8. The Bertz CT molecular complexity index is 292. The minimum absolute atomic E-state index is 0.184. The Morgan fingerprint density at radius 2 is 2.00 bits per heavy atom. The Morgan fingerprint density at radius 1 is 1.38 bits per heavy atom. The molecule has 0 radical (unpaired) electrons. The summed E-state index contributed by atoms with van der Waals surface area (Å²) in [6.45, 7) is 2.10. The summed E-state index contributed by atoms with van der Waals surface area (Å²) in [5.41, 5.74) is -0.184. The standard InChI is InChI=1S/C9H9F2NO/c1-2-13-12-6-7-8(10)4-3-5-9(7)11/h3-6H,2H2,1H3. The Kier molecular flexibility index (Phi) is 3.37. The maximum atomic E-state index is 12.9. The summed E-state index contributed by atoms with van der Waals surface area (Å²) in [6.07, 6.45) is 1.02. The molecular weight excluding hydrogens is 176 g/mol. The molecule has 0 spiro atoms. The zero-order valence-corrected chi connectivity index (χ0v) is 7.13. The molecule has 0 aliphatic carbocycles. The van der Waals surface area contributed by atoms with Crippen LogP contribution in [0.3, 0.4) is 0 Å². The second-order valence-electron chi connectivity index (χ2n) is 2.29.